The zero-order valence-corrected chi connectivity index (χ0v) is 11.8. The van der Waals surface area contributed by atoms with E-state index in [9.17, 15) is 10.1 Å². The first kappa shape index (κ1) is 15.2. The van der Waals surface area contributed by atoms with Crippen LogP contribution in [0.4, 0.5) is 17.2 Å². The van der Waals surface area contributed by atoms with Gasteiger partial charge in [-0.15, -0.1) is 0 Å². The Bertz CT molecular complexity index is 671. The summed E-state index contributed by atoms with van der Waals surface area (Å²) in [5, 5.41) is 11.3. The van der Waals surface area contributed by atoms with Crippen molar-refractivity contribution >= 4 is 42.1 Å². The number of nitrogens with zero attached hydrogens (tertiary/aromatic N) is 4. The lowest BCUT2D eigenvalue weighted by Crippen LogP contribution is -2.23. The Kier molecular flexibility index (Phi) is 4.72. The van der Waals surface area contributed by atoms with E-state index in [2.05, 4.69) is 9.97 Å². The van der Waals surface area contributed by atoms with Crippen molar-refractivity contribution in [1.29, 1.82) is 0 Å². The highest BCUT2D eigenvalue weighted by atomic mass is 35.5. The molecule has 0 unspecified atom stereocenters. The van der Waals surface area contributed by atoms with Crippen LogP contribution in [0.5, 0.6) is 0 Å². The molecule has 0 aliphatic heterocycles. The van der Waals surface area contributed by atoms with Gasteiger partial charge in [0.15, 0.2) is 11.0 Å². The van der Waals surface area contributed by atoms with Crippen LogP contribution in [0.15, 0.2) is 30.6 Å². The minimum atomic E-state index is -0.529. The number of halogens is 1. The molecule has 0 bridgehead atoms. The second-order valence-electron chi connectivity index (χ2n) is 4.02. The number of rotatable bonds is 5. The first-order chi connectivity index (χ1) is 10.0. The van der Waals surface area contributed by atoms with Crippen molar-refractivity contribution in [3.05, 3.63) is 45.9 Å². The third kappa shape index (κ3) is 3.29. The van der Waals surface area contributed by atoms with Gasteiger partial charge in [-0.05, 0) is 6.07 Å². The highest BCUT2D eigenvalue weighted by Crippen LogP contribution is 2.34. The van der Waals surface area contributed by atoms with Crippen LogP contribution < -0.4 is 10.4 Å². The molecule has 106 valence electrons. The van der Waals surface area contributed by atoms with Crippen molar-refractivity contribution in [2.75, 3.05) is 18.7 Å². The summed E-state index contributed by atoms with van der Waals surface area (Å²) in [6, 6.07) is 4.33. The monoisotopic (exact) mass is 304 g/mol. The molecule has 0 atom stereocenters. The fourth-order valence-corrected chi connectivity index (χ4v) is 1.99. The van der Waals surface area contributed by atoms with Gasteiger partial charge >= 0.3 is 0 Å². The molecule has 0 aliphatic rings. The Labute approximate surface area is 127 Å². The molecule has 21 heavy (non-hydrogen) atoms. The molecular weight excluding hydrogens is 294 g/mol. The van der Waals surface area contributed by atoms with Crippen LogP contribution in [0.25, 0.3) is 0 Å². The Morgan fingerprint density at radius 2 is 2.14 bits per heavy atom. The predicted octanol–water partition coefficient (Wildman–Crippen LogP) is 1.57. The van der Waals surface area contributed by atoms with Gasteiger partial charge in [0.05, 0.1) is 4.92 Å². The molecule has 2 aromatic rings. The molecule has 0 saturated carbocycles. The smallest absolute Gasteiger partial charge is 0.292 e. The van der Waals surface area contributed by atoms with Gasteiger partial charge in [0.1, 0.15) is 20.3 Å². The van der Waals surface area contributed by atoms with E-state index in [0.717, 1.165) is 0 Å². The molecule has 0 saturated heterocycles. The Hall–Kier alpha value is -2.19. The molecule has 9 heteroatoms. The second kappa shape index (κ2) is 6.51. The topological polar surface area (TPSA) is 81.4 Å². The molecule has 1 aromatic heterocycles. The summed E-state index contributed by atoms with van der Waals surface area (Å²) in [6.07, 6.45) is 2.86. The van der Waals surface area contributed by atoms with Gasteiger partial charge in [-0.2, -0.15) is 0 Å². The molecule has 1 heterocycles. The molecule has 2 radical (unpaired) electrons. The number of methoxy groups -OCH3 is 1. The van der Waals surface area contributed by atoms with Crippen LogP contribution in [-0.4, -0.2) is 36.6 Å². The summed E-state index contributed by atoms with van der Waals surface area (Å²) in [7, 11) is 7.06. The normalized spacial score (nSPS) is 10.4. The van der Waals surface area contributed by atoms with Crippen molar-refractivity contribution in [3.8, 4) is 0 Å². The lowest BCUT2D eigenvalue weighted by Gasteiger charge is -2.23. The SMILES string of the molecule is [B]c1ccc(N(COC)c2nccnc2Cl)c([N+](=O)[O-])c1. The van der Waals surface area contributed by atoms with E-state index in [1.54, 1.807) is 6.07 Å². The number of anilines is 2. The van der Waals surface area contributed by atoms with Crippen molar-refractivity contribution in [2.45, 2.75) is 0 Å². The summed E-state index contributed by atoms with van der Waals surface area (Å²) in [5.41, 5.74) is 0.375. The second-order valence-corrected chi connectivity index (χ2v) is 4.38. The fraction of sp³-hybridized carbons (Fsp3) is 0.167. The summed E-state index contributed by atoms with van der Waals surface area (Å²) < 4.78 is 5.08. The van der Waals surface area contributed by atoms with Gasteiger partial charge in [-0.25, -0.2) is 9.97 Å². The minimum Gasteiger partial charge on any atom is -0.364 e. The lowest BCUT2D eigenvalue weighted by atomic mass is 9.95. The average Bonchev–Trinajstić information content (AvgIpc) is 2.46. The predicted molar refractivity (Wildman–Crippen MR) is 79.5 cm³/mol. The van der Waals surface area contributed by atoms with E-state index in [0.29, 0.717) is 0 Å². The van der Waals surface area contributed by atoms with E-state index in [1.165, 1.54) is 36.5 Å². The maximum Gasteiger partial charge on any atom is 0.292 e. The van der Waals surface area contributed by atoms with Gasteiger partial charge in [-0.1, -0.05) is 23.1 Å². The maximum atomic E-state index is 11.2. The molecule has 0 N–H and O–H groups in total. The zero-order valence-electron chi connectivity index (χ0n) is 11.1. The number of nitro benzene ring substituents is 1. The van der Waals surface area contributed by atoms with Crippen LogP contribution >= 0.6 is 11.6 Å². The molecule has 0 amide bonds. The largest absolute Gasteiger partial charge is 0.364 e. The Morgan fingerprint density at radius 1 is 1.43 bits per heavy atom. The van der Waals surface area contributed by atoms with Crippen molar-refractivity contribution in [1.82, 2.24) is 9.97 Å². The maximum absolute atomic E-state index is 11.2. The third-order valence-corrected chi connectivity index (χ3v) is 2.90. The van der Waals surface area contributed by atoms with Crippen LogP contribution in [0.3, 0.4) is 0 Å². The first-order valence-corrected chi connectivity index (χ1v) is 6.19. The number of hydrogen-bond acceptors (Lipinski definition) is 6. The van der Waals surface area contributed by atoms with E-state index >= 15 is 0 Å². The van der Waals surface area contributed by atoms with E-state index < -0.39 is 4.92 Å². The minimum absolute atomic E-state index is 0.0170. The highest BCUT2D eigenvalue weighted by molar-refractivity contribution is 6.33. The van der Waals surface area contributed by atoms with Crippen molar-refractivity contribution in [2.24, 2.45) is 0 Å². The Morgan fingerprint density at radius 3 is 2.76 bits per heavy atom. The Balaban J connectivity index is 2.59. The zero-order chi connectivity index (χ0) is 15.4. The quantitative estimate of drug-likeness (QED) is 0.361. The van der Waals surface area contributed by atoms with Crippen molar-refractivity contribution < 1.29 is 9.66 Å². The van der Waals surface area contributed by atoms with E-state index in [4.69, 9.17) is 24.2 Å². The van der Waals surface area contributed by atoms with E-state index in [-0.39, 0.29) is 34.5 Å². The average molecular weight is 305 g/mol. The number of hydrogen-bond donors (Lipinski definition) is 0. The lowest BCUT2D eigenvalue weighted by molar-refractivity contribution is -0.384. The summed E-state index contributed by atoms with van der Waals surface area (Å²) in [5.74, 6) is 0.258. The molecule has 0 spiro atoms. The van der Waals surface area contributed by atoms with Gasteiger partial charge < -0.3 is 4.74 Å². The molecule has 0 aliphatic carbocycles. The highest BCUT2D eigenvalue weighted by Gasteiger charge is 2.23. The molecule has 2 rings (SSSR count). The van der Waals surface area contributed by atoms with Gasteiger partial charge in [0, 0.05) is 25.6 Å². The third-order valence-electron chi connectivity index (χ3n) is 2.64. The van der Waals surface area contributed by atoms with E-state index in [1.807, 2.05) is 0 Å². The summed E-state index contributed by atoms with van der Waals surface area (Å²) in [4.78, 5) is 20.1. The van der Waals surface area contributed by atoms with Gasteiger partial charge in [-0.3, -0.25) is 15.0 Å². The van der Waals surface area contributed by atoms with Crippen LogP contribution in [0, 0.1) is 10.1 Å². The van der Waals surface area contributed by atoms with Crippen LogP contribution in [-0.2, 0) is 4.74 Å². The summed E-state index contributed by atoms with van der Waals surface area (Å²) in [6.45, 7) is 0.0170. The number of ether oxygens (including phenoxy) is 1. The number of nitro groups is 1. The first-order valence-electron chi connectivity index (χ1n) is 5.81. The molecule has 7 nitrogen and oxygen atoms in total. The number of aromatic nitrogens is 2. The van der Waals surface area contributed by atoms with Gasteiger partial charge in [0.2, 0.25) is 0 Å². The molecule has 0 fully saturated rings. The van der Waals surface area contributed by atoms with Crippen LogP contribution in [0.1, 0.15) is 0 Å². The van der Waals surface area contributed by atoms with Crippen LogP contribution in [0.2, 0.25) is 5.15 Å². The van der Waals surface area contributed by atoms with Crippen molar-refractivity contribution in [3.63, 3.8) is 0 Å². The standard InChI is InChI=1S/C12H10BClN4O3/c1-21-7-17(12-11(14)15-4-5-16-12)9-3-2-8(13)6-10(9)18(19)20/h2-6H,7H2,1H3. The van der Waals surface area contributed by atoms with Gasteiger partial charge in [0.25, 0.3) is 5.69 Å². The molecular formula is C12H10BClN4O3. The summed E-state index contributed by atoms with van der Waals surface area (Å²) >= 11 is 6.00. The number of benzene rings is 1. The molecule has 1 aromatic carbocycles. The fourth-order valence-electron chi connectivity index (χ4n) is 1.78.